The molecule has 5 rings (SSSR count). The van der Waals surface area contributed by atoms with E-state index in [4.69, 9.17) is 0 Å². The number of pyridine rings is 2. The van der Waals surface area contributed by atoms with Crippen molar-refractivity contribution in [3.8, 4) is 11.3 Å². The van der Waals surface area contributed by atoms with Gasteiger partial charge in [0.1, 0.15) is 17.7 Å². The Kier molecular flexibility index (Phi) is 9.09. The van der Waals surface area contributed by atoms with Crippen LogP contribution in [0.1, 0.15) is 36.2 Å². The number of hydrogen-bond donors (Lipinski definition) is 2. The van der Waals surface area contributed by atoms with Crippen LogP contribution in [0.3, 0.4) is 0 Å². The normalized spacial score (nSPS) is 17.4. The van der Waals surface area contributed by atoms with Gasteiger partial charge in [0, 0.05) is 24.7 Å². The van der Waals surface area contributed by atoms with E-state index in [0.717, 1.165) is 36.4 Å². The molecule has 0 bridgehead atoms. The summed E-state index contributed by atoms with van der Waals surface area (Å²) in [7, 11) is -4.59. The summed E-state index contributed by atoms with van der Waals surface area (Å²) in [6.07, 6.45) is -4.01. The highest BCUT2D eigenvalue weighted by molar-refractivity contribution is 7.89. The van der Waals surface area contributed by atoms with E-state index in [1.165, 1.54) is 18.2 Å². The molecular formula is C31H27F6N5O3S. The summed E-state index contributed by atoms with van der Waals surface area (Å²) < 4.78 is 109. The number of nitrogens with zero attached hydrogens (tertiary/aromatic N) is 3. The molecule has 0 aliphatic carbocycles. The molecule has 0 spiro atoms. The number of rotatable bonds is 9. The lowest BCUT2D eigenvalue weighted by atomic mass is 10.1. The molecule has 1 aliphatic rings. The minimum Gasteiger partial charge on any atom is -0.362 e. The second-order valence-corrected chi connectivity index (χ2v) is 12.6. The summed E-state index contributed by atoms with van der Waals surface area (Å²) in [5.74, 6) is -4.93. The number of nitrogens with one attached hydrogen (secondary N) is 2. The van der Waals surface area contributed by atoms with Gasteiger partial charge in [-0.05, 0) is 73.2 Å². The van der Waals surface area contributed by atoms with Gasteiger partial charge in [-0.3, -0.25) is 9.78 Å². The number of sulfonamides is 1. The smallest absolute Gasteiger partial charge is 0.362 e. The molecule has 15 heteroatoms. The zero-order chi connectivity index (χ0) is 33.3. The average molecular weight is 664 g/mol. The quantitative estimate of drug-likeness (QED) is 0.207. The van der Waals surface area contributed by atoms with Crippen LogP contribution in [0, 0.1) is 5.82 Å². The zero-order valence-corrected chi connectivity index (χ0v) is 24.9. The van der Waals surface area contributed by atoms with Crippen molar-refractivity contribution < 1.29 is 39.6 Å². The lowest BCUT2D eigenvalue weighted by Gasteiger charge is -2.23. The standard InChI is InChI=1S/C31H27F6N5O3S/c1-19(25-4-2-3-13-38-25)40-28-15-20(14-26(41-28)21-5-7-22(8-6-21)31(35,36)37)17-39-29(43)27-16-30(33,34)18-42(27)46(44,45)24-11-9-23(32)10-12-24/h2-15,19,27H,16-18H2,1H3,(H,39,43)(H,40,41)/t19?,27-/m0/s1. The third kappa shape index (κ3) is 7.48. The van der Waals surface area contributed by atoms with E-state index in [1.807, 2.05) is 6.92 Å². The molecular weight excluding hydrogens is 636 g/mol. The Hall–Kier alpha value is -4.50. The summed E-state index contributed by atoms with van der Waals surface area (Å²) in [5, 5.41) is 5.67. The minimum absolute atomic E-state index is 0.254. The Balaban J connectivity index is 1.41. The molecule has 1 saturated heterocycles. The second-order valence-electron chi connectivity index (χ2n) is 10.7. The molecule has 2 N–H and O–H groups in total. The molecule has 0 saturated carbocycles. The van der Waals surface area contributed by atoms with E-state index in [-0.39, 0.29) is 24.1 Å². The van der Waals surface area contributed by atoms with Gasteiger partial charge in [0.25, 0.3) is 5.92 Å². The largest absolute Gasteiger partial charge is 0.416 e. The number of aromatic nitrogens is 2. The molecule has 4 aromatic rings. The fourth-order valence-corrected chi connectivity index (χ4v) is 6.60. The molecule has 46 heavy (non-hydrogen) atoms. The van der Waals surface area contributed by atoms with Gasteiger partial charge in [-0.1, -0.05) is 18.2 Å². The van der Waals surface area contributed by atoms with Crippen LogP contribution >= 0.6 is 0 Å². The molecule has 1 fully saturated rings. The van der Waals surface area contributed by atoms with Crippen molar-refractivity contribution in [2.24, 2.45) is 0 Å². The maximum Gasteiger partial charge on any atom is 0.416 e. The van der Waals surface area contributed by atoms with Crippen LogP contribution in [0.25, 0.3) is 11.3 Å². The van der Waals surface area contributed by atoms with E-state index < -0.39 is 63.3 Å². The van der Waals surface area contributed by atoms with Gasteiger partial charge < -0.3 is 10.6 Å². The van der Waals surface area contributed by atoms with E-state index in [0.29, 0.717) is 21.1 Å². The van der Waals surface area contributed by atoms with Crippen molar-refractivity contribution in [3.63, 3.8) is 0 Å². The Labute approximate surface area is 260 Å². The maximum absolute atomic E-state index is 14.5. The van der Waals surface area contributed by atoms with Gasteiger partial charge in [0.15, 0.2) is 0 Å². The van der Waals surface area contributed by atoms with Crippen LogP contribution in [0.2, 0.25) is 0 Å². The Morgan fingerprint density at radius 3 is 2.37 bits per heavy atom. The third-order valence-corrected chi connectivity index (χ3v) is 9.17. The van der Waals surface area contributed by atoms with Gasteiger partial charge in [-0.25, -0.2) is 26.6 Å². The second kappa shape index (κ2) is 12.7. The number of benzene rings is 2. The third-order valence-electron chi connectivity index (χ3n) is 7.31. The lowest BCUT2D eigenvalue weighted by molar-refractivity contribution is -0.137. The topological polar surface area (TPSA) is 104 Å². The predicted molar refractivity (Wildman–Crippen MR) is 156 cm³/mol. The SMILES string of the molecule is CC(Nc1cc(CNC(=O)[C@@H]2CC(F)(F)CN2S(=O)(=O)c2ccc(F)cc2)cc(-c2ccc(C(F)(F)F)cc2)n1)c1ccccn1. The van der Waals surface area contributed by atoms with Crippen LogP contribution in [-0.2, 0) is 27.5 Å². The van der Waals surface area contributed by atoms with E-state index in [9.17, 15) is 39.6 Å². The maximum atomic E-state index is 14.5. The predicted octanol–water partition coefficient (Wildman–Crippen LogP) is 6.19. The van der Waals surface area contributed by atoms with E-state index in [2.05, 4.69) is 20.6 Å². The lowest BCUT2D eigenvalue weighted by Crippen LogP contribution is -2.45. The Morgan fingerprint density at radius 2 is 1.74 bits per heavy atom. The van der Waals surface area contributed by atoms with E-state index in [1.54, 1.807) is 30.5 Å². The molecule has 2 aromatic heterocycles. The number of hydrogen-bond acceptors (Lipinski definition) is 6. The van der Waals surface area contributed by atoms with Gasteiger partial charge in [-0.2, -0.15) is 17.5 Å². The first kappa shape index (κ1) is 32.9. The minimum atomic E-state index is -4.59. The summed E-state index contributed by atoms with van der Waals surface area (Å²) >= 11 is 0. The summed E-state index contributed by atoms with van der Waals surface area (Å²) in [5.41, 5.74) is 0.802. The molecule has 1 amide bonds. The highest BCUT2D eigenvalue weighted by atomic mass is 32.2. The molecule has 2 atom stereocenters. The molecule has 3 heterocycles. The van der Waals surface area contributed by atoms with Crippen LogP contribution in [0.15, 0.2) is 90.0 Å². The van der Waals surface area contributed by atoms with Crippen molar-refractivity contribution in [1.29, 1.82) is 0 Å². The number of carbonyl (C=O) groups is 1. The molecule has 0 radical (unpaired) electrons. The fraction of sp³-hybridized carbons (Fsp3) is 0.258. The molecule has 8 nitrogen and oxygen atoms in total. The molecule has 1 unspecified atom stereocenters. The number of alkyl halides is 5. The number of halogens is 6. The molecule has 2 aromatic carbocycles. The number of anilines is 1. The zero-order valence-electron chi connectivity index (χ0n) is 24.1. The fourth-order valence-electron chi connectivity index (χ4n) is 4.98. The van der Waals surface area contributed by atoms with Crippen LogP contribution < -0.4 is 10.6 Å². The highest BCUT2D eigenvalue weighted by Gasteiger charge is 2.52. The first-order valence-electron chi connectivity index (χ1n) is 13.9. The van der Waals surface area contributed by atoms with Crippen molar-refractivity contribution in [3.05, 3.63) is 108 Å². The van der Waals surface area contributed by atoms with Crippen LogP contribution in [0.4, 0.5) is 32.2 Å². The Bertz CT molecular complexity index is 1810. The van der Waals surface area contributed by atoms with Crippen LogP contribution in [-0.4, -0.2) is 47.1 Å². The highest BCUT2D eigenvalue weighted by Crippen LogP contribution is 2.36. The van der Waals surface area contributed by atoms with Crippen LogP contribution in [0.5, 0.6) is 0 Å². The summed E-state index contributed by atoms with van der Waals surface area (Å²) in [4.78, 5) is 21.6. The monoisotopic (exact) mass is 663 g/mol. The number of amides is 1. The average Bonchev–Trinajstić information content (AvgIpc) is 3.36. The van der Waals surface area contributed by atoms with Crippen molar-refractivity contribution >= 4 is 21.7 Å². The van der Waals surface area contributed by atoms with Crippen molar-refractivity contribution in [2.75, 3.05) is 11.9 Å². The Morgan fingerprint density at radius 1 is 1.04 bits per heavy atom. The van der Waals surface area contributed by atoms with E-state index >= 15 is 0 Å². The van der Waals surface area contributed by atoms with Gasteiger partial charge in [0.05, 0.1) is 34.4 Å². The first-order chi connectivity index (χ1) is 21.6. The summed E-state index contributed by atoms with van der Waals surface area (Å²) in [6.45, 7) is 0.318. The molecule has 1 aliphatic heterocycles. The van der Waals surface area contributed by atoms with Gasteiger partial charge in [-0.15, -0.1) is 0 Å². The van der Waals surface area contributed by atoms with Crippen molar-refractivity contribution in [1.82, 2.24) is 19.6 Å². The van der Waals surface area contributed by atoms with Gasteiger partial charge >= 0.3 is 6.18 Å². The molecule has 242 valence electrons. The number of carbonyl (C=O) groups excluding carboxylic acids is 1. The van der Waals surface area contributed by atoms with Crippen molar-refractivity contribution in [2.45, 2.75) is 49.0 Å². The van der Waals surface area contributed by atoms with Gasteiger partial charge in [0.2, 0.25) is 15.9 Å². The summed E-state index contributed by atoms with van der Waals surface area (Å²) in [6, 6.07) is 14.2. The first-order valence-corrected chi connectivity index (χ1v) is 15.4.